The molecule has 0 bridgehead atoms. The number of para-hydroxylation sites is 1. The van der Waals surface area contributed by atoms with Gasteiger partial charge in [0.1, 0.15) is 0 Å². The molecule has 1 fully saturated rings. The first-order valence-corrected chi connectivity index (χ1v) is 8.42. The number of nitrogens with zero attached hydrogens (tertiary/aromatic N) is 2. The first kappa shape index (κ1) is 14.5. The van der Waals surface area contributed by atoms with Gasteiger partial charge in [0.2, 0.25) is 15.9 Å². The Morgan fingerprint density at radius 2 is 2.15 bits per heavy atom. The predicted octanol–water partition coefficient (Wildman–Crippen LogP) is 0.611. The molecule has 9 heteroatoms. The van der Waals surface area contributed by atoms with Gasteiger partial charge in [0.15, 0.2) is 5.17 Å². The lowest BCUT2D eigenvalue weighted by Gasteiger charge is -2.06. The molecule has 0 atom stereocenters. The van der Waals surface area contributed by atoms with E-state index in [0.717, 1.165) is 6.26 Å². The Morgan fingerprint density at radius 3 is 2.80 bits per heavy atom. The monoisotopic (exact) mass is 312 g/mol. The summed E-state index contributed by atoms with van der Waals surface area (Å²) in [5, 5.41) is 10.7. The zero-order chi connectivity index (χ0) is 14.6. The predicted molar refractivity (Wildman–Crippen MR) is 80.5 cm³/mol. The average molecular weight is 312 g/mol. The van der Waals surface area contributed by atoms with E-state index in [4.69, 9.17) is 0 Å². The molecule has 0 unspecified atom stereocenters. The number of hydrogen-bond acceptors (Lipinski definition) is 6. The fraction of sp³-hybridized carbons (Fsp3) is 0.182. The Hall–Kier alpha value is -1.87. The highest BCUT2D eigenvalue weighted by atomic mass is 32.2. The zero-order valence-corrected chi connectivity index (χ0v) is 12.2. The van der Waals surface area contributed by atoms with Crippen LogP contribution in [0.5, 0.6) is 0 Å². The standard InChI is InChI=1S/C11H12N4O3S2/c1-20(17,18)15-9-5-3-2-4-8(9)6-12-14-11-13-10(16)7-19-11/h2-6,15H,7H2,1H3,(H,13,14,16). The molecule has 0 aromatic heterocycles. The number of amidine groups is 1. The SMILES string of the molecule is CS(=O)(=O)Nc1ccccc1C=NN=C1NC(=O)CS1. The minimum absolute atomic E-state index is 0.108. The van der Waals surface area contributed by atoms with Crippen LogP contribution in [0.4, 0.5) is 5.69 Å². The third-order valence-electron chi connectivity index (χ3n) is 2.19. The molecule has 1 aliphatic heterocycles. The zero-order valence-electron chi connectivity index (χ0n) is 10.5. The van der Waals surface area contributed by atoms with E-state index in [0.29, 0.717) is 22.2 Å². The van der Waals surface area contributed by atoms with Crippen LogP contribution in [0.3, 0.4) is 0 Å². The van der Waals surface area contributed by atoms with Gasteiger partial charge in [-0.3, -0.25) is 9.52 Å². The summed E-state index contributed by atoms with van der Waals surface area (Å²) in [7, 11) is -3.36. The second-order valence-electron chi connectivity index (χ2n) is 3.95. The van der Waals surface area contributed by atoms with Gasteiger partial charge in [-0.05, 0) is 6.07 Å². The molecule has 0 aliphatic carbocycles. The van der Waals surface area contributed by atoms with Crippen LogP contribution in [0.2, 0.25) is 0 Å². The molecule has 0 radical (unpaired) electrons. The van der Waals surface area contributed by atoms with E-state index in [-0.39, 0.29) is 5.91 Å². The Bertz CT molecular complexity index is 683. The van der Waals surface area contributed by atoms with Crippen molar-refractivity contribution >= 4 is 44.8 Å². The fourth-order valence-corrected chi connectivity index (χ4v) is 2.64. The topological polar surface area (TPSA) is 100.0 Å². The molecule has 0 spiro atoms. The number of sulfonamides is 1. The van der Waals surface area contributed by atoms with Crippen molar-refractivity contribution in [3.05, 3.63) is 29.8 Å². The molecule has 1 amide bonds. The van der Waals surface area contributed by atoms with Gasteiger partial charge in [0.25, 0.3) is 0 Å². The van der Waals surface area contributed by atoms with E-state index in [1.54, 1.807) is 24.3 Å². The van der Waals surface area contributed by atoms with Crippen molar-refractivity contribution in [2.75, 3.05) is 16.7 Å². The maximum Gasteiger partial charge on any atom is 0.236 e. The van der Waals surface area contributed by atoms with Crippen molar-refractivity contribution in [3.63, 3.8) is 0 Å². The lowest BCUT2D eigenvalue weighted by Crippen LogP contribution is -2.19. The van der Waals surface area contributed by atoms with Gasteiger partial charge in [-0.2, -0.15) is 5.10 Å². The van der Waals surface area contributed by atoms with E-state index >= 15 is 0 Å². The van der Waals surface area contributed by atoms with E-state index in [9.17, 15) is 13.2 Å². The molecule has 1 aromatic carbocycles. The van der Waals surface area contributed by atoms with Crippen molar-refractivity contribution in [1.29, 1.82) is 0 Å². The molecule has 1 heterocycles. The maximum atomic E-state index is 11.2. The molecule has 1 saturated heterocycles. The van der Waals surface area contributed by atoms with Gasteiger partial charge in [0.05, 0.1) is 23.9 Å². The summed E-state index contributed by atoms with van der Waals surface area (Å²) in [4.78, 5) is 11.0. The summed E-state index contributed by atoms with van der Waals surface area (Å²) in [6, 6.07) is 6.80. The molecular weight excluding hydrogens is 300 g/mol. The molecule has 20 heavy (non-hydrogen) atoms. The number of benzene rings is 1. The summed E-state index contributed by atoms with van der Waals surface area (Å²) in [5.41, 5.74) is 0.999. The molecular formula is C11H12N4O3S2. The number of rotatable bonds is 4. The highest BCUT2D eigenvalue weighted by molar-refractivity contribution is 8.15. The van der Waals surface area contributed by atoms with Crippen LogP contribution in [0, 0.1) is 0 Å². The van der Waals surface area contributed by atoms with Crippen LogP contribution >= 0.6 is 11.8 Å². The van der Waals surface area contributed by atoms with Gasteiger partial charge in [-0.1, -0.05) is 30.0 Å². The smallest absolute Gasteiger partial charge is 0.236 e. The van der Waals surface area contributed by atoms with Gasteiger partial charge >= 0.3 is 0 Å². The lowest BCUT2D eigenvalue weighted by molar-refractivity contribution is -0.116. The van der Waals surface area contributed by atoms with Gasteiger partial charge in [-0.15, -0.1) is 5.10 Å². The highest BCUT2D eigenvalue weighted by Crippen LogP contribution is 2.14. The largest absolute Gasteiger partial charge is 0.303 e. The number of carbonyl (C=O) groups is 1. The summed E-state index contributed by atoms with van der Waals surface area (Å²) in [6.07, 6.45) is 2.50. The molecule has 1 aromatic rings. The Labute approximate surface area is 120 Å². The number of carbonyl (C=O) groups excluding carboxylic acids is 1. The van der Waals surface area contributed by atoms with Gasteiger partial charge in [0, 0.05) is 5.56 Å². The second kappa shape index (κ2) is 6.06. The van der Waals surface area contributed by atoms with Crippen LogP contribution in [-0.4, -0.2) is 37.7 Å². The van der Waals surface area contributed by atoms with E-state index in [1.165, 1.54) is 18.0 Å². The number of nitrogens with one attached hydrogen (secondary N) is 2. The average Bonchev–Trinajstić information content (AvgIpc) is 2.75. The Morgan fingerprint density at radius 1 is 1.40 bits per heavy atom. The first-order valence-electron chi connectivity index (χ1n) is 5.54. The van der Waals surface area contributed by atoms with Crippen LogP contribution < -0.4 is 10.0 Å². The van der Waals surface area contributed by atoms with Crippen molar-refractivity contribution in [3.8, 4) is 0 Å². The summed E-state index contributed by atoms with van der Waals surface area (Å²) in [6.45, 7) is 0. The van der Waals surface area contributed by atoms with Crippen molar-refractivity contribution in [2.24, 2.45) is 10.2 Å². The maximum absolute atomic E-state index is 11.2. The quantitative estimate of drug-likeness (QED) is 0.628. The number of hydrogen-bond donors (Lipinski definition) is 2. The van der Waals surface area contributed by atoms with E-state index in [1.807, 2.05) is 0 Å². The van der Waals surface area contributed by atoms with Gasteiger partial charge < -0.3 is 5.32 Å². The second-order valence-corrected chi connectivity index (χ2v) is 6.66. The third-order valence-corrected chi connectivity index (χ3v) is 3.64. The number of thioether (sulfide) groups is 1. The van der Waals surface area contributed by atoms with Crippen molar-refractivity contribution in [1.82, 2.24) is 5.32 Å². The van der Waals surface area contributed by atoms with Crippen LogP contribution in [0.25, 0.3) is 0 Å². The minimum Gasteiger partial charge on any atom is -0.303 e. The van der Waals surface area contributed by atoms with Crippen LogP contribution in [0.1, 0.15) is 5.56 Å². The Kier molecular flexibility index (Phi) is 4.40. The number of anilines is 1. The summed E-state index contributed by atoms with van der Waals surface area (Å²) in [5.74, 6) is 0.226. The van der Waals surface area contributed by atoms with Crippen LogP contribution in [0.15, 0.2) is 34.5 Å². The molecule has 106 valence electrons. The minimum atomic E-state index is -3.36. The van der Waals surface area contributed by atoms with Crippen LogP contribution in [-0.2, 0) is 14.8 Å². The fourth-order valence-electron chi connectivity index (χ4n) is 1.42. The molecule has 0 saturated carbocycles. The molecule has 2 N–H and O–H groups in total. The first-order chi connectivity index (χ1) is 9.44. The van der Waals surface area contributed by atoms with E-state index < -0.39 is 10.0 Å². The van der Waals surface area contributed by atoms with Crippen molar-refractivity contribution in [2.45, 2.75) is 0 Å². The molecule has 7 nitrogen and oxygen atoms in total. The summed E-state index contributed by atoms with van der Waals surface area (Å²) >= 11 is 1.26. The lowest BCUT2D eigenvalue weighted by atomic mass is 10.2. The third kappa shape index (κ3) is 4.35. The Balaban J connectivity index is 2.15. The van der Waals surface area contributed by atoms with Gasteiger partial charge in [-0.25, -0.2) is 8.42 Å². The van der Waals surface area contributed by atoms with E-state index in [2.05, 4.69) is 20.2 Å². The molecule has 2 rings (SSSR count). The normalized spacial score (nSPS) is 17.6. The molecule has 1 aliphatic rings. The highest BCUT2D eigenvalue weighted by Gasteiger charge is 2.15. The summed E-state index contributed by atoms with van der Waals surface area (Å²) < 4.78 is 24.9. The van der Waals surface area contributed by atoms with Crippen molar-refractivity contribution < 1.29 is 13.2 Å². The number of amides is 1.